The number of carbonyl (C=O) groups is 1. The van der Waals surface area contributed by atoms with E-state index in [2.05, 4.69) is 31.2 Å². The van der Waals surface area contributed by atoms with Crippen LogP contribution in [0.5, 0.6) is 0 Å². The quantitative estimate of drug-likeness (QED) is 0.200. The van der Waals surface area contributed by atoms with Crippen molar-refractivity contribution in [1.29, 1.82) is 0 Å². The highest BCUT2D eigenvalue weighted by Crippen LogP contribution is 2.11. The average Bonchev–Trinajstić information content (AvgIpc) is 2.50. The molecule has 0 saturated heterocycles. The number of ether oxygens (including phenoxy) is 1. The van der Waals surface area contributed by atoms with E-state index in [9.17, 15) is 4.79 Å². The highest BCUT2D eigenvalue weighted by molar-refractivity contribution is 5.65. The summed E-state index contributed by atoms with van der Waals surface area (Å²) in [5.74, 6) is -0.179. The summed E-state index contributed by atoms with van der Waals surface area (Å²) in [5.41, 5.74) is 0. The zero-order valence-electron chi connectivity index (χ0n) is 14.8. The Labute approximate surface area is 138 Å². The number of allylic oxidation sites excluding steroid dienone is 4. The van der Waals surface area contributed by atoms with Gasteiger partial charge in [0.05, 0.1) is 6.61 Å². The van der Waals surface area contributed by atoms with Gasteiger partial charge in [-0.2, -0.15) is 0 Å². The molecule has 2 nitrogen and oxygen atoms in total. The fourth-order valence-electron chi connectivity index (χ4n) is 2.40. The van der Waals surface area contributed by atoms with E-state index in [-0.39, 0.29) is 5.97 Å². The minimum absolute atomic E-state index is 0.179. The normalized spacial score (nSPS) is 11.5. The van der Waals surface area contributed by atoms with Gasteiger partial charge in [0.2, 0.25) is 0 Å². The molecule has 0 aliphatic carbocycles. The molecule has 0 N–H and O–H groups in total. The van der Waals surface area contributed by atoms with Crippen LogP contribution < -0.4 is 0 Å². The van der Waals surface area contributed by atoms with Gasteiger partial charge in [-0.3, -0.25) is 4.79 Å². The first-order chi connectivity index (χ1) is 10.8. The van der Waals surface area contributed by atoms with Crippen LogP contribution in [0.2, 0.25) is 0 Å². The van der Waals surface area contributed by atoms with Crippen molar-refractivity contribution < 1.29 is 9.53 Å². The summed E-state index contributed by atoms with van der Waals surface area (Å²) in [6, 6.07) is 0. The number of carbonyl (C=O) groups excluding carboxylic acids is 1. The molecule has 128 valence electrons. The second kappa shape index (κ2) is 18.0. The fourth-order valence-corrected chi connectivity index (χ4v) is 2.40. The molecular formula is C20H36O2. The van der Waals surface area contributed by atoms with Gasteiger partial charge in [0.15, 0.2) is 0 Å². The summed E-state index contributed by atoms with van der Waals surface area (Å²) < 4.78 is 4.88. The molecule has 0 aliphatic heterocycles. The molecule has 0 saturated carbocycles. The van der Waals surface area contributed by atoms with Gasteiger partial charge in [-0.1, -0.05) is 62.8 Å². The molecule has 0 amide bonds. The predicted molar refractivity (Wildman–Crippen MR) is 96.0 cm³/mol. The van der Waals surface area contributed by atoms with Crippen LogP contribution in [0.1, 0.15) is 90.9 Å². The maximum Gasteiger partial charge on any atom is 0.302 e. The molecule has 0 fully saturated rings. The molecule has 0 bridgehead atoms. The van der Waals surface area contributed by atoms with Crippen molar-refractivity contribution in [3.8, 4) is 0 Å². The summed E-state index contributed by atoms with van der Waals surface area (Å²) in [7, 11) is 0. The first-order valence-electron chi connectivity index (χ1n) is 9.17. The van der Waals surface area contributed by atoms with Crippen molar-refractivity contribution in [3.05, 3.63) is 24.3 Å². The third kappa shape index (κ3) is 18.9. The van der Waals surface area contributed by atoms with Crippen LogP contribution in [0.25, 0.3) is 0 Å². The molecule has 0 heterocycles. The van der Waals surface area contributed by atoms with E-state index in [0.29, 0.717) is 6.61 Å². The van der Waals surface area contributed by atoms with E-state index in [1.807, 2.05) is 0 Å². The van der Waals surface area contributed by atoms with Crippen molar-refractivity contribution in [1.82, 2.24) is 0 Å². The van der Waals surface area contributed by atoms with Crippen molar-refractivity contribution in [2.75, 3.05) is 6.61 Å². The van der Waals surface area contributed by atoms with Gasteiger partial charge < -0.3 is 4.74 Å². The Balaban J connectivity index is 3.09. The molecule has 0 atom stereocenters. The lowest BCUT2D eigenvalue weighted by atomic mass is 10.1. The maximum atomic E-state index is 10.6. The van der Waals surface area contributed by atoms with Gasteiger partial charge in [-0.05, 0) is 45.4 Å². The Morgan fingerprint density at radius 3 is 1.68 bits per heavy atom. The van der Waals surface area contributed by atoms with Gasteiger partial charge in [0.1, 0.15) is 0 Å². The topological polar surface area (TPSA) is 26.3 Å². The third-order valence-electron chi connectivity index (χ3n) is 3.71. The van der Waals surface area contributed by atoms with E-state index < -0.39 is 0 Å². The Morgan fingerprint density at radius 1 is 0.727 bits per heavy atom. The number of hydrogen-bond acceptors (Lipinski definition) is 2. The first-order valence-corrected chi connectivity index (χ1v) is 9.17. The van der Waals surface area contributed by atoms with Crippen molar-refractivity contribution in [3.63, 3.8) is 0 Å². The summed E-state index contributed by atoms with van der Waals surface area (Å²) in [5, 5.41) is 0. The molecule has 0 aliphatic rings. The Bertz CT molecular complexity index is 292. The maximum absolute atomic E-state index is 10.6. The SMILES string of the molecule is CC=CCCCCCCCCCC/C=C\CCCOC(C)=O. The predicted octanol–water partition coefficient (Wildman–Crippen LogP) is 6.36. The molecule has 0 rings (SSSR count). The van der Waals surface area contributed by atoms with Crippen LogP contribution in [-0.2, 0) is 9.53 Å². The van der Waals surface area contributed by atoms with E-state index >= 15 is 0 Å². The Morgan fingerprint density at radius 2 is 1.18 bits per heavy atom. The molecule has 2 heteroatoms. The minimum Gasteiger partial charge on any atom is -0.466 e. The summed E-state index contributed by atoms with van der Waals surface area (Å²) in [6.07, 6.45) is 24.3. The van der Waals surface area contributed by atoms with Crippen LogP contribution in [0.4, 0.5) is 0 Å². The molecule has 0 aromatic carbocycles. The molecule has 0 aromatic heterocycles. The zero-order valence-corrected chi connectivity index (χ0v) is 14.8. The van der Waals surface area contributed by atoms with Crippen molar-refractivity contribution in [2.24, 2.45) is 0 Å². The largest absolute Gasteiger partial charge is 0.466 e. The van der Waals surface area contributed by atoms with Crippen molar-refractivity contribution in [2.45, 2.75) is 90.9 Å². The number of rotatable bonds is 15. The number of hydrogen-bond donors (Lipinski definition) is 0. The molecular weight excluding hydrogens is 272 g/mol. The van der Waals surface area contributed by atoms with Crippen LogP contribution in [0, 0.1) is 0 Å². The van der Waals surface area contributed by atoms with Crippen LogP contribution in [-0.4, -0.2) is 12.6 Å². The third-order valence-corrected chi connectivity index (χ3v) is 3.71. The lowest BCUT2D eigenvalue weighted by Crippen LogP contribution is -1.99. The Kier molecular flexibility index (Phi) is 17.1. The summed E-state index contributed by atoms with van der Waals surface area (Å²) >= 11 is 0. The van der Waals surface area contributed by atoms with Crippen molar-refractivity contribution >= 4 is 5.97 Å². The molecule has 0 radical (unpaired) electrons. The Hall–Kier alpha value is -1.05. The highest BCUT2D eigenvalue weighted by Gasteiger charge is 1.92. The van der Waals surface area contributed by atoms with Crippen LogP contribution in [0.15, 0.2) is 24.3 Å². The average molecular weight is 309 g/mol. The van der Waals surface area contributed by atoms with Gasteiger partial charge in [-0.15, -0.1) is 0 Å². The molecule has 0 aromatic rings. The van der Waals surface area contributed by atoms with Gasteiger partial charge in [0.25, 0.3) is 0 Å². The van der Waals surface area contributed by atoms with Gasteiger partial charge >= 0.3 is 5.97 Å². The van der Waals surface area contributed by atoms with E-state index in [0.717, 1.165) is 12.8 Å². The van der Waals surface area contributed by atoms with E-state index in [1.54, 1.807) is 0 Å². The lowest BCUT2D eigenvalue weighted by Gasteiger charge is -2.01. The molecule has 0 unspecified atom stereocenters. The summed E-state index contributed by atoms with van der Waals surface area (Å²) in [6.45, 7) is 4.10. The number of esters is 1. The lowest BCUT2D eigenvalue weighted by molar-refractivity contribution is -0.141. The van der Waals surface area contributed by atoms with Gasteiger partial charge in [-0.25, -0.2) is 0 Å². The highest BCUT2D eigenvalue weighted by atomic mass is 16.5. The number of unbranched alkanes of at least 4 members (excludes halogenated alkanes) is 10. The monoisotopic (exact) mass is 308 g/mol. The standard InChI is InChI=1S/C20H36O2/c1-3-4-5-6-7-8-9-10-11-12-13-14-15-16-17-18-19-22-20(2)21/h3-4,15-16H,5-14,17-19H2,1-2H3/b4-3?,16-15-. The zero-order chi connectivity index (χ0) is 16.3. The smallest absolute Gasteiger partial charge is 0.302 e. The minimum atomic E-state index is -0.179. The molecule has 0 spiro atoms. The van der Waals surface area contributed by atoms with Crippen LogP contribution >= 0.6 is 0 Å². The second-order valence-corrected chi connectivity index (χ2v) is 5.93. The first kappa shape index (κ1) is 20.9. The summed E-state index contributed by atoms with van der Waals surface area (Å²) in [4.78, 5) is 10.6. The van der Waals surface area contributed by atoms with Gasteiger partial charge in [0, 0.05) is 6.92 Å². The fraction of sp³-hybridized carbons (Fsp3) is 0.750. The second-order valence-electron chi connectivity index (χ2n) is 5.93. The molecule has 22 heavy (non-hydrogen) atoms. The van der Waals surface area contributed by atoms with Crippen LogP contribution in [0.3, 0.4) is 0 Å². The van der Waals surface area contributed by atoms with E-state index in [1.165, 1.54) is 71.1 Å². The van der Waals surface area contributed by atoms with E-state index in [4.69, 9.17) is 4.74 Å².